The first-order chi connectivity index (χ1) is 13.5. The van der Waals surface area contributed by atoms with Gasteiger partial charge in [-0.1, -0.05) is 43.2 Å². The zero-order chi connectivity index (χ0) is 20.4. The highest BCUT2D eigenvalue weighted by Gasteiger charge is 2.08. The molecule has 0 saturated heterocycles. The number of rotatable bonds is 7. The lowest BCUT2D eigenvalue weighted by atomic mass is 10.1. The van der Waals surface area contributed by atoms with Gasteiger partial charge in [0.05, 0.1) is 6.54 Å². The fourth-order valence-electron chi connectivity index (χ4n) is 2.52. The standard InChI is InChI=1S/C21H26N4O2S/c1-3-4-7-16-9-11-18(12-10-16)23-21(28)25-24-19(26)14-22-20(27)17-8-5-6-15(2)13-17/h5-6,8-13H,3-4,7,14H2,1-2H3,(H,22,27)(H,24,26)(H2,23,25,28). The van der Waals surface area contributed by atoms with Gasteiger partial charge in [0, 0.05) is 11.3 Å². The molecule has 0 fully saturated rings. The highest BCUT2D eigenvalue weighted by molar-refractivity contribution is 7.80. The van der Waals surface area contributed by atoms with Crippen molar-refractivity contribution in [3.05, 3.63) is 65.2 Å². The molecule has 0 unspecified atom stereocenters. The molecule has 2 rings (SSSR count). The predicted molar refractivity (Wildman–Crippen MR) is 116 cm³/mol. The normalized spacial score (nSPS) is 10.1. The summed E-state index contributed by atoms with van der Waals surface area (Å²) < 4.78 is 0. The molecule has 6 nitrogen and oxygen atoms in total. The summed E-state index contributed by atoms with van der Waals surface area (Å²) in [6.45, 7) is 3.91. The third kappa shape index (κ3) is 7.36. The number of carbonyl (C=O) groups excluding carboxylic acids is 2. The van der Waals surface area contributed by atoms with E-state index in [2.05, 4.69) is 40.5 Å². The first-order valence-corrected chi connectivity index (χ1v) is 9.68. The number of thiocarbonyl (C=S) groups is 1. The van der Waals surface area contributed by atoms with Crippen LogP contribution in [0.3, 0.4) is 0 Å². The highest BCUT2D eigenvalue weighted by Crippen LogP contribution is 2.11. The zero-order valence-corrected chi connectivity index (χ0v) is 17.0. The molecule has 0 bridgehead atoms. The number of unbranched alkanes of at least 4 members (excludes halogenated alkanes) is 1. The van der Waals surface area contributed by atoms with Gasteiger partial charge in [-0.05, 0) is 61.8 Å². The van der Waals surface area contributed by atoms with Crippen LogP contribution in [0, 0.1) is 6.92 Å². The van der Waals surface area contributed by atoms with Crippen LogP contribution < -0.4 is 21.5 Å². The van der Waals surface area contributed by atoms with E-state index in [1.54, 1.807) is 18.2 Å². The van der Waals surface area contributed by atoms with E-state index >= 15 is 0 Å². The largest absolute Gasteiger partial charge is 0.343 e. The summed E-state index contributed by atoms with van der Waals surface area (Å²) in [5.41, 5.74) is 8.68. The highest BCUT2D eigenvalue weighted by atomic mass is 32.1. The minimum absolute atomic E-state index is 0.158. The van der Waals surface area contributed by atoms with Gasteiger partial charge in [0.2, 0.25) is 0 Å². The maximum Gasteiger partial charge on any atom is 0.257 e. The number of hydrogen-bond acceptors (Lipinski definition) is 3. The van der Waals surface area contributed by atoms with Crippen molar-refractivity contribution in [2.24, 2.45) is 0 Å². The summed E-state index contributed by atoms with van der Waals surface area (Å²) in [6, 6.07) is 15.2. The van der Waals surface area contributed by atoms with Crippen molar-refractivity contribution in [3.8, 4) is 0 Å². The number of aryl methyl sites for hydroxylation is 2. The number of carbonyl (C=O) groups is 2. The first kappa shape index (κ1) is 21.4. The summed E-state index contributed by atoms with van der Waals surface area (Å²) in [7, 11) is 0. The SMILES string of the molecule is CCCCc1ccc(NC(=S)NNC(=O)CNC(=O)c2cccc(C)c2)cc1. The molecule has 0 aliphatic carbocycles. The third-order valence-electron chi connectivity index (χ3n) is 4.04. The topological polar surface area (TPSA) is 82.3 Å². The van der Waals surface area contributed by atoms with Crippen molar-refractivity contribution in [2.45, 2.75) is 33.1 Å². The molecule has 7 heteroatoms. The third-order valence-corrected chi connectivity index (χ3v) is 4.24. The number of anilines is 1. The molecule has 28 heavy (non-hydrogen) atoms. The van der Waals surface area contributed by atoms with E-state index in [4.69, 9.17) is 12.2 Å². The minimum Gasteiger partial charge on any atom is -0.343 e. The van der Waals surface area contributed by atoms with Gasteiger partial charge >= 0.3 is 0 Å². The number of hydrazine groups is 1. The van der Waals surface area contributed by atoms with Crippen molar-refractivity contribution in [2.75, 3.05) is 11.9 Å². The second-order valence-corrected chi connectivity index (χ2v) is 6.89. The van der Waals surface area contributed by atoms with Crippen LogP contribution in [0.2, 0.25) is 0 Å². The molecule has 2 amide bonds. The summed E-state index contributed by atoms with van der Waals surface area (Å²) in [5.74, 6) is -0.706. The van der Waals surface area contributed by atoms with E-state index < -0.39 is 5.91 Å². The zero-order valence-electron chi connectivity index (χ0n) is 16.2. The van der Waals surface area contributed by atoms with Crippen LogP contribution in [0.4, 0.5) is 5.69 Å². The van der Waals surface area contributed by atoms with Gasteiger partial charge in [-0.2, -0.15) is 0 Å². The Hall–Kier alpha value is -2.93. The van der Waals surface area contributed by atoms with Crippen LogP contribution >= 0.6 is 12.2 Å². The molecule has 2 aromatic carbocycles. The van der Waals surface area contributed by atoms with E-state index in [-0.39, 0.29) is 17.6 Å². The Bertz CT molecular complexity index is 821. The maximum atomic E-state index is 12.0. The molecule has 0 spiro atoms. The van der Waals surface area contributed by atoms with Crippen LogP contribution in [0.15, 0.2) is 48.5 Å². The summed E-state index contributed by atoms with van der Waals surface area (Å²) in [6.07, 6.45) is 3.39. The fraction of sp³-hybridized carbons (Fsp3) is 0.286. The van der Waals surface area contributed by atoms with E-state index in [9.17, 15) is 9.59 Å². The number of hydrogen-bond donors (Lipinski definition) is 4. The Morgan fingerprint density at radius 1 is 1.04 bits per heavy atom. The van der Waals surface area contributed by atoms with Crippen LogP contribution in [-0.2, 0) is 11.2 Å². The van der Waals surface area contributed by atoms with Crippen LogP contribution in [-0.4, -0.2) is 23.5 Å². The molecule has 0 aromatic heterocycles. The lowest BCUT2D eigenvalue weighted by Gasteiger charge is -2.12. The Balaban J connectivity index is 1.70. The monoisotopic (exact) mass is 398 g/mol. The molecule has 2 aromatic rings. The van der Waals surface area contributed by atoms with Gasteiger partial charge in [0.1, 0.15) is 0 Å². The van der Waals surface area contributed by atoms with Crippen LogP contribution in [0.25, 0.3) is 0 Å². The van der Waals surface area contributed by atoms with Crippen molar-refractivity contribution >= 4 is 34.8 Å². The minimum atomic E-state index is -0.403. The lowest BCUT2D eigenvalue weighted by Crippen LogP contribution is -2.47. The van der Waals surface area contributed by atoms with Gasteiger partial charge < -0.3 is 10.6 Å². The fourth-order valence-corrected chi connectivity index (χ4v) is 2.69. The van der Waals surface area contributed by atoms with Gasteiger partial charge in [-0.25, -0.2) is 0 Å². The quantitative estimate of drug-likeness (QED) is 0.426. The molecule has 0 atom stereocenters. The van der Waals surface area contributed by atoms with Gasteiger partial charge in [-0.3, -0.25) is 20.4 Å². The maximum absolute atomic E-state index is 12.0. The second-order valence-electron chi connectivity index (χ2n) is 6.48. The van der Waals surface area contributed by atoms with E-state index in [0.29, 0.717) is 5.56 Å². The molecule has 0 heterocycles. The van der Waals surface area contributed by atoms with Gasteiger partial charge in [0.25, 0.3) is 11.8 Å². The number of nitrogens with one attached hydrogen (secondary N) is 4. The molecule has 0 aliphatic rings. The Kier molecular flexibility index (Phi) is 8.42. The van der Waals surface area contributed by atoms with E-state index in [1.807, 2.05) is 25.1 Å². The molecule has 0 radical (unpaired) electrons. The van der Waals surface area contributed by atoms with Gasteiger partial charge in [0.15, 0.2) is 5.11 Å². The second kappa shape index (κ2) is 11.0. The lowest BCUT2D eigenvalue weighted by molar-refractivity contribution is -0.120. The summed E-state index contributed by atoms with van der Waals surface area (Å²) in [4.78, 5) is 23.9. The smallest absolute Gasteiger partial charge is 0.257 e. The average molecular weight is 399 g/mol. The Morgan fingerprint density at radius 2 is 1.79 bits per heavy atom. The van der Waals surface area contributed by atoms with Crippen molar-refractivity contribution < 1.29 is 9.59 Å². The van der Waals surface area contributed by atoms with Crippen molar-refractivity contribution in [1.82, 2.24) is 16.2 Å². The van der Waals surface area contributed by atoms with Crippen LogP contribution in [0.5, 0.6) is 0 Å². The summed E-state index contributed by atoms with van der Waals surface area (Å²) >= 11 is 5.16. The molecular formula is C21H26N4O2S. The summed E-state index contributed by atoms with van der Waals surface area (Å²) in [5, 5.41) is 5.83. The molecule has 4 N–H and O–H groups in total. The number of benzene rings is 2. The van der Waals surface area contributed by atoms with E-state index in [1.165, 1.54) is 18.4 Å². The van der Waals surface area contributed by atoms with Gasteiger partial charge in [-0.15, -0.1) is 0 Å². The molecule has 0 aliphatic heterocycles. The molecule has 148 valence electrons. The van der Waals surface area contributed by atoms with Crippen molar-refractivity contribution in [1.29, 1.82) is 0 Å². The Morgan fingerprint density at radius 3 is 2.46 bits per heavy atom. The van der Waals surface area contributed by atoms with E-state index in [0.717, 1.165) is 17.7 Å². The van der Waals surface area contributed by atoms with Crippen molar-refractivity contribution in [3.63, 3.8) is 0 Å². The molecular weight excluding hydrogens is 372 g/mol. The molecule has 0 saturated carbocycles. The van der Waals surface area contributed by atoms with Crippen LogP contribution in [0.1, 0.15) is 41.3 Å². The average Bonchev–Trinajstić information content (AvgIpc) is 2.70. The first-order valence-electron chi connectivity index (χ1n) is 9.27. The Labute approximate surface area is 171 Å². The number of amides is 2. The predicted octanol–water partition coefficient (Wildman–Crippen LogP) is 3.09.